The molecule has 26 heavy (non-hydrogen) atoms. The van der Waals surface area contributed by atoms with Gasteiger partial charge in [-0.05, 0) is 36.8 Å². The Hall–Kier alpha value is -2.86. The minimum atomic E-state index is -0.300. The molecule has 1 saturated heterocycles. The Balaban J connectivity index is 1.98. The lowest BCUT2D eigenvalue weighted by molar-refractivity contribution is 0.198. The van der Waals surface area contributed by atoms with Gasteiger partial charge in [0.2, 0.25) is 0 Å². The molecule has 0 unspecified atom stereocenters. The number of aromatic nitrogens is 2. The minimum absolute atomic E-state index is 0.295. The second-order valence-corrected chi connectivity index (χ2v) is 6.87. The van der Waals surface area contributed by atoms with Crippen molar-refractivity contribution in [1.82, 2.24) is 9.55 Å². The minimum Gasteiger partial charge on any atom is -0.391 e. The molecule has 4 rings (SSSR count). The average molecular weight is 350 g/mol. The molecule has 134 valence electrons. The van der Waals surface area contributed by atoms with E-state index in [9.17, 15) is 9.90 Å². The summed E-state index contributed by atoms with van der Waals surface area (Å²) in [6.07, 6.45) is 0.472. The highest BCUT2D eigenvalue weighted by Crippen LogP contribution is 2.29. The van der Waals surface area contributed by atoms with Gasteiger partial charge in [-0.2, -0.15) is 4.98 Å². The third-order valence-electron chi connectivity index (χ3n) is 4.82. The van der Waals surface area contributed by atoms with Crippen molar-refractivity contribution in [3.63, 3.8) is 0 Å². The number of hydrogen-bond donors (Lipinski definition) is 1. The molecule has 0 amide bonds. The van der Waals surface area contributed by atoms with E-state index < -0.39 is 0 Å². The lowest BCUT2D eigenvalue weighted by Gasteiger charge is -2.21. The van der Waals surface area contributed by atoms with Crippen molar-refractivity contribution in [3.05, 3.63) is 59.0 Å². The summed E-state index contributed by atoms with van der Waals surface area (Å²) >= 11 is 0. The summed E-state index contributed by atoms with van der Waals surface area (Å²) in [5, 5.41) is 10.8. The Kier molecular flexibility index (Phi) is 4.12. The van der Waals surface area contributed by atoms with Crippen LogP contribution in [0.25, 0.3) is 16.6 Å². The second kappa shape index (κ2) is 6.46. The fourth-order valence-electron chi connectivity index (χ4n) is 3.54. The number of hydrogen-bond acceptors (Lipinski definition) is 5. The first-order valence-electron chi connectivity index (χ1n) is 8.77. The molecule has 2 heterocycles. The van der Waals surface area contributed by atoms with Gasteiger partial charge in [0.05, 0.1) is 17.3 Å². The first-order chi connectivity index (χ1) is 12.5. The molecule has 2 aromatic carbocycles. The maximum atomic E-state index is 12.8. The van der Waals surface area contributed by atoms with Gasteiger partial charge in [-0.3, -0.25) is 4.57 Å². The van der Waals surface area contributed by atoms with Crippen molar-refractivity contribution in [2.45, 2.75) is 12.5 Å². The monoisotopic (exact) mass is 350 g/mol. The van der Waals surface area contributed by atoms with Gasteiger partial charge in [-0.25, -0.2) is 4.79 Å². The molecule has 0 radical (unpaired) electrons. The van der Waals surface area contributed by atoms with Crippen LogP contribution in [-0.4, -0.2) is 47.9 Å². The van der Waals surface area contributed by atoms with E-state index in [4.69, 9.17) is 0 Å². The summed E-state index contributed by atoms with van der Waals surface area (Å²) < 4.78 is 1.65. The maximum Gasteiger partial charge on any atom is 0.354 e. The normalized spacial score (nSPS) is 17.0. The van der Waals surface area contributed by atoms with Gasteiger partial charge in [0.15, 0.2) is 0 Å². The van der Waals surface area contributed by atoms with Crippen LogP contribution in [0.1, 0.15) is 6.42 Å². The zero-order valence-corrected chi connectivity index (χ0v) is 15.0. The number of β-amino-alcohol motifs (C(OH)–C–C–N with tert-alkyl or cyclic N) is 1. The zero-order chi connectivity index (χ0) is 18.3. The van der Waals surface area contributed by atoms with Gasteiger partial charge in [0, 0.05) is 38.3 Å². The summed E-state index contributed by atoms with van der Waals surface area (Å²) in [6.45, 7) is 1.43. The largest absolute Gasteiger partial charge is 0.391 e. The number of benzene rings is 2. The molecule has 1 atom stereocenters. The van der Waals surface area contributed by atoms with Gasteiger partial charge < -0.3 is 14.9 Å². The van der Waals surface area contributed by atoms with Crippen molar-refractivity contribution >= 4 is 22.4 Å². The third kappa shape index (κ3) is 2.82. The summed E-state index contributed by atoms with van der Waals surface area (Å²) in [5.74, 6) is 0.658. The Morgan fingerprint density at radius 3 is 2.54 bits per heavy atom. The van der Waals surface area contributed by atoms with Crippen molar-refractivity contribution in [1.29, 1.82) is 0 Å². The number of nitrogens with zero attached hydrogens (tertiary/aromatic N) is 4. The number of aliphatic hydroxyl groups excluding tert-OH is 1. The van der Waals surface area contributed by atoms with Crippen LogP contribution in [0.3, 0.4) is 0 Å². The topological polar surface area (TPSA) is 61.6 Å². The molecular weight excluding hydrogens is 328 g/mol. The smallest absolute Gasteiger partial charge is 0.354 e. The summed E-state index contributed by atoms with van der Waals surface area (Å²) in [4.78, 5) is 21.1. The van der Waals surface area contributed by atoms with Crippen LogP contribution in [0.4, 0.5) is 11.5 Å². The third-order valence-corrected chi connectivity index (χ3v) is 4.82. The van der Waals surface area contributed by atoms with Gasteiger partial charge in [0.25, 0.3) is 0 Å². The van der Waals surface area contributed by atoms with E-state index in [1.807, 2.05) is 67.5 Å². The second-order valence-electron chi connectivity index (χ2n) is 6.87. The predicted molar refractivity (Wildman–Crippen MR) is 105 cm³/mol. The predicted octanol–water partition coefficient (Wildman–Crippen LogP) is 2.02. The first kappa shape index (κ1) is 16.6. The standard InChI is InChI=1S/C20H22N4O2/c1-22(2)19-17-9-8-15(23-11-10-16(25)13-23)12-18(17)24(20(26)21-19)14-6-4-3-5-7-14/h3-9,12,16,25H,10-11,13H2,1-2H3/t16-/m0/s1. The highest BCUT2D eigenvalue weighted by Gasteiger charge is 2.22. The Labute approximate surface area is 151 Å². The number of para-hydroxylation sites is 1. The maximum absolute atomic E-state index is 12.8. The van der Waals surface area contributed by atoms with E-state index in [1.165, 1.54) is 0 Å². The van der Waals surface area contributed by atoms with Gasteiger partial charge in [-0.15, -0.1) is 0 Å². The van der Waals surface area contributed by atoms with Crippen molar-refractivity contribution in [2.24, 2.45) is 0 Å². The molecule has 6 nitrogen and oxygen atoms in total. The van der Waals surface area contributed by atoms with Crippen LogP contribution in [0.5, 0.6) is 0 Å². The number of anilines is 2. The number of rotatable bonds is 3. The molecule has 1 aromatic heterocycles. The number of fused-ring (bicyclic) bond motifs is 1. The number of aliphatic hydroxyl groups is 1. The van der Waals surface area contributed by atoms with Crippen LogP contribution in [0.15, 0.2) is 53.3 Å². The quantitative estimate of drug-likeness (QED) is 0.783. The lowest BCUT2D eigenvalue weighted by atomic mass is 10.1. The fraction of sp³-hybridized carbons (Fsp3) is 0.300. The fourth-order valence-corrected chi connectivity index (χ4v) is 3.54. The van der Waals surface area contributed by atoms with E-state index >= 15 is 0 Å². The molecule has 0 aliphatic carbocycles. The Morgan fingerprint density at radius 1 is 1.12 bits per heavy atom. The Morgan fingerprint density at radius 2 is 1.88 bits per heavy atom. The molecule has 1 N–H and O–H groups in total. The lowest BCUT2D eigenvalue weighted by Crippen LogP contribution is -2.26. The molecule has 0 spiro atoms. The van der Waals surface area contributed by atoms with Gasteiger partial charge in [0.1, 0.15) is 5.82 Å². The van der Waals surface area contributed by atoms with Crippen LogP contribution < -0.4 is 15.5 Å². The average Bonchev–Trinajstić information content (AvgIpc) is 3.07. The zero-order valence-electron chi connectivity index (χ0n) is 15.0. The highest BCUT2D eigenvalue weighted by atomic mass is 16.3. The molecule has 0 saturated carbocycles. The van der Waals surface area contributed by atoms with Gasteiger partial charge in [-0.1, -0.05) is 18.2 Å². The molecule has 1 aliphatic heterocycles. The van der Waals surface area contributed by atoms with Crippen molar-refractivity contribution in [3.8, 4) is 5.69 Å². The first-order valence-corrected chi connectivity index (χ1v) is 8.77. The molecule has 1 aliphatic rings. The van der Waals surface area contributed by atoms with Crippen LogP contribution in [0.2, 0.25) is 0 Å². The van der Waals surface area contributed by atoms with Crippen LogP contribution >= 0.6 is 0 Å². The molecular formula is C20H22N4O2. The van der Waals surface area contributed by atoms with Crippen molar-refractivity contribution < 1.29 is 5.11 Å². The van der Waals surface area contributed by atoms with Gasteiger partial charge >= 0.3 is 5.69 Å². The molecule has 0 bridgehead atoms. The molecule has 3 aromatic rings. The summed E-state index contributed by atoms with van der Waals surface area (Å²) in [7, 11) is 3.78. The van der Waals surface area contributed by atoms with E-state index in [2.05, 4.69) is 9.88 Å². The molecule has 1 fully saturated rings. The molecule has 6 heteroatoms. The van der Waals surface area contributed by atoms with Crippen molar-refractivity contribution in [2.75, 3.05) is 37.0 Å². The van der Waals surface area contributed by atoms with Crippen LogP contribution in [-0.2, 0) is 0 Å². The SMILES string of the molecule is CN(C)c1nc(=O)n(-c2ccccc2)c2cc(N3CC[C@H](O)C3)ccc12. The Bertz CT molecular complexity index is 998. The van der Waals surface area contributed by atoms with Crippen LogP contribution in [0, 0.1) is 0 Å². The summed E-state index contributed by atoms with van der Waals surface area (Å²) in [5.41, 5.74) is 2.32. The van der Waals surface area contributed by atoms with E-state index in [1.54, 1.807) is 4.57 Å². The highest BCUT2D eigenvalue weighted by molar-refractivity contribution is 5.92. The van der Waals surface area contributed by atoms with E-state index in [0.717, 1.165) is 35.2 Å². The van der Waals surface area contributed by atoms with E-state index in [-0.39, 0.29) is 11.8 Å². The summed E-state index contributed by atoms with van der Waals surface area (Å²) in [6, 6.07) is 15.6. The van der Waals surface area contributed by atoms with E-state index in [0.29, 0.717) is 12.4 Å².